The van der Waals surface area contributed by atoms with Crippen molar-refractivity contribution in [1.29, 1.82) is 0 Å². The van der Waals surface area contributed by atoms with Gasteiger partial charge in [0.15, 0.2) is 0 Å². The van der Waals surface area contributed by atoms with E-state index in [1.807, 2.05) is 42.2 Å². The molecule has 2 aromatic carbocycles. The first-order valence-electron chi connectivity index (χ1n) is 12.7. The molecule has 2 heterocycles. The van der Waals surface area contributed by atoms with E-state index in [1.54, 1.807) is 7.11 Å². The molecule has 5 heteroatoms. The molecule has 3 aromatic rings. The fraction of sp³-hybridized carbons (Fsp3) is 0.400. The van der Waals surface area contributed by atoms with Crippen LogP contribution in [-0.2, 0) is 11.2 Å². The minimum atomic E-state index is 0.132. The number of pyridine rings is 1. The topological polar surface area (TPSA) is 51.7 Å². The van der Waals surface area contributed by atoms with Gasteiger partial charge in [-0.15, -0.1) is 0 Å². The van der Waals surface area contributed by atoms with E-state index < -0.39 is 0 Å². The lowest BCUT2D eigenvalue weighted by Crippen LogP contribution is -2.41. The van der Waals surface area contributed by atoms with Crippen molar-refractivity contribution < 1.29 is 14.3 Å². The zero-order valence-corrected chi connectivity index (χ0v) is 20.9. The molecule has 182 valence electrons. The normalized spacial score (nSPS) is 19.7. The maximum atomic E-state index is 14.0. The van der Waals surface area contributed by atoms with E-state index in [2.05, 4.69) is 31.2 Å². The zero-order valence-electron chi connectivity index (χ0n) is 20.9. The van der Waals surface area contributed by atoms with Gasteiger partial charge in [0.1, 0.15) is 5.75 Å². The molecule has 0 saturated carbocycles. The van der Waals surface area contributed by atoms with E-state index in [-0.39, 0.29) is 12.0 Å². The van der Waals surface area contributed by atoms with Crippen LogP contribution in [0.15, 0.2) is 48.5 Å². The van der Waals surface area contributed by atoms with Crippen LogP contribution in [0, 0.1) is 5.92 Å². The van der Waals surface area contributed by atoms with Gasteiger partial charge in [-0.1, -0.05) is 37.3 Å². The molecule has 1 aliphatic heterocycles. The van der Waals surface area contributed by atoms with Crippen molar-refractivity contribution in [2.45, 2.75) is 45.6 Å². The second kappa shape index (κ2) is 10.2. The molecule has 2 aliphatic rings. The van der Waals surface area contributed by atoms with Crippen LogP contribution < -0.4 is 4.74 Å². The number of fused-ring (bicyclic) bond motifs is 2. The Morgan fingerprint density at radius 1 is 1.09 bits per heavy atom. The second-order valence-corrected chi connectivity index (χ2v) is 9.73. The number of aromatic nitrogens is 1. The summed E-state index contributed by atoms with van der Waals surface area (Å²) in [5, 5.41) is 0.959. The van der Waals surface area contributed by atoms with Gasteiger partial charge >= 0.3 is 0 Å². The van der Waals surface area contributed by atoms with Gasteiger partial charge in [0, 0.05) is 25.1 Å². The SMILES string of the molecule is CCOC1CCN(C(=O)c2c3c(nc4ccccc24)C(=Cc2ccc(OC)cc2)CC(C)C3)CC1. The highest BCUT2D eigenvalue weighted by Gasteiger charge is 2.31. The Kier molecular flexibility index (Phi) is 6.87. The fourth-order valence-electron chi connectivity index (χ4n) is 5.50. The number of para-hydroxylation sites is 1. The van der Waals surface area contributed by atoms with Crippen molar-refractivity contribution in [3.8, 4) is 5.75 Å². The number of benzene rings is 2. The van der Waals surface area contributed by atoms with Crippen molar-refractivity contribution in [2.75, 3.05) is 26.8 Å². The number of amides is 1. The monoisotopic (exact) mass is 470 g/mol. The molecule has 1 aromatic heterocycles. The Morgan fingerprint density at radius 2 is 1.83 bits per heavy atom. The summed E-state index contributed by atoms with van der Waals surface area (Å²) < 4.78 is 11.1. The van der Waals surface area contributed by atoms with Crippen molar-refractivity contribution in [1.82, 2.24) is 9.88 Å². The summed E-state index contributed by atoms with van der Waals surface area (Å²) in [6, 6.07) is 16.2. The lowest BCUT2D eigenvalue weighted by atomic mass is 9.80. The van der Waals surface area contributed by atoms with Gasteiger partial charge in [-0.3, -0.25) is 4.79 Å². The number of likely N-dealkylation sites (tertiary alicyclic amines) is 1. The Bertz CT molecular complexity index is 1240. The lowest BCUT2D eigenvalue weighted by Gasteiger charge is -2.34. The van der Waals surface area contributed by atoms with Gasteiger partial charge in [-0.05, 0) is 79.5 Å². The molecule has 0 spiro atoms. The number of rotatable bonds is 5. The molecule has 0 N–H and O–H groups in total. The average molecular weight is 471 g/mol. The highest BCUT2D eigenvalue weighted by Crippen LogP contribution is 2.39. The summed E-state index contributed by atoms with van der Waals surface area (Å²) in [5.74, 6) is 1.41. The summed E-state index contributed by atoms with van der Waals surface area (Å²) in [7, 11) is 1.68. The van der Waals surface area contributed by atoms with Gasteiger partial charge in [0.25, 0.3) is 5.91 Å². The molecular formula is C30H34N2O3. The molecule has 0 radical (unpaired) electrons. The molecular weight excluding hydrogens is 436 g/mol. The zero-order chi connectivity index (χ0) is 24.4. The summed E-state index contributed by atoms with van der Waals surface area (Å²) in [6.45, 7) is 6.49. The molecule has 1 aliphatic carbocycles. The minimum absolute atomic E-state index is 0.132. The molecule has 1 atom stereocenters. The third kappa shape index (κ3) is 4.83. The summed E-state index contributed by atoms with van der Waals surface area (Å²) >= 11 is 0. The summed E-state index contributed by atoms with van der Waals surface area (Å²) in [5.41, 5.74) is 6.10. The van der Waals surface area contributed by atoms with Gasteiger partial charge in [0.2, 0.25) is 0 Å². The van der Waals surface area contributed by atoms with Gasteiger partial charge < -0.3 is 14.4 Å². The first-order chi connectivity index (χ1) is 17.1. The van der Waals surface area contributed by atoms with Gasteiger partial charge in [-0.2, -0.15) is 0 Å². The van der Waals surface area contributed by atoms with E-state index in [0.29, 0.717) is 5.92 Å². The second-order valence-electron chi connectivity index (χ2n) is 9.73. The molecule has 35 heavy (non-hydrogen) atoms. The van der Waals surface area contributed by atoms with Gasteiger partial charge in [0.05, 0.1) is 30.0 Å². The van der Waals surface area contributed by atoms with E-state index in [4.69, 9.17) is 14.5 Å². The standard InChI is InChI=1S/C30H34N2O3/c1-4-35-24-13-15-32(16-14-24)30(33)28-25-7-5-6-8-27(25)31-29-22(17-20(2)18-26(28)29)19-21-9-11-23(34-3)12-10-21/h5-12,19-20,24H,4,13-18H2,1-3H3. The lowest BCUT2D eigenvalue weighted by molar-refractivity contribution is 0.0146. The number of hydrogen-bond donors (Lipinski definition) is 0. The largest absolute Gasteiger partial charge is 0.497 e. The van der Waals surface area contributed by atoms with Crippen LogP contribution in [-0.4, -0.2) is 48.7 Å². The van der Waals surface area contributed by atoms with Crippen LogP contribution in [0.1, 0.15) is 60.3 Å². The molecule has 0 bridgehead atoms. The Morgan fingerprint density at radius 3 is 2.54 bits per heavy atom. The number of piperidine rings is 1. The first-order valence-corrected chi connectivity index (χ1v) is 12.7. The molecule has 1 saturated heterocycles. The minimum Gasteiger partial charge on any atom is -0.497 e. The van der Waals surface area contributed by atoms with Crippen LogP contribution in [0.2, 0.25) is 0 Å². The van der Waals surface area contributed by atoms with E-state index >= 15 is 0 Å². The highest BCUT2D eigenvalue weighted by atomic mass is 16.5. The molecule has 1 amide bonds. The average Bonchev–Trinajstić information content (AvgIpc) is 2.88. The number of ether oxygens (including phenoxy) is 2. The first kappa shape index (κ1) is 23.6. The molecule has 5 nitrogen and oxygen atoms in total. The Labute approximate surface area is 207 Å². The van der Waals surface area contributed by atoms with Crippen molar-refractivity contribution in [2.24, 2.45) is 5.92 Å². The molecule has 5 rings (SSSR count). The van der Waals surface area contributed by atoms with E-state index in [9.17, 15) is 4.79 Å². The third-order valence-corrected chi connectivity index (χ3v) is 7.22. The van der Waals surface area contributed by atoms with Crippen LogP contribution in [0.3, 0.4) is 0 Å². The quantitative estimate of drug-likeness (QED) is 0.458. The maximum absolute atomic E-state index is 14.0. The molecule has 1 unspecified atom stereocenters. The van der Waals surface area contributed by atoms with E-state index in [0.717, 1.165) is 84.4 Å². The van der Waals surface area contributed by atoms with Crippen LogP contribution >= 0.6 is 0 Å². The number of nitrogens with zero attached hydrogens (tertiary/aromatic N) is 2. The smallest absolute Gasteiger partial charge is 0.254 e. The third-order valence-electron chi connectivity index (χ3n) is 7.22. The van der Waals surface area contributed by atoms with Crippen molar-refractivity contribution in [3.05, 3.63) is 70.9 Å². The van der Waals surface area contributed by atoms with Gasteiger partial charge in [-0.25, -0.2) is 4.98 Å². The molecule has 1 fully saturated rings. The number of carbonyl (C=O) groups excluding carboxylic acids is 1. The van der Waals surface area contributed by atoms with Crippen LogP contribution in [0.4, 0.5) is 0 Å². The van der Waals surface area contributed by atoms with E-state index in [1.165, 1.54) is 5.57 Å². The van der Waals surface area contributed by atoms with Crippen LogP contribution in [0.25, 0.3) is 22.6 Å². The van der Waals surface area contributed by atoms with Crippen LogP contribution in [0.5, 0.6) is 5.75 Å². The van der Waals surface area contributed by atoms with Crippen molar-refractivity contribution >= 4 is 28.5 Å². The Balaban J connectivity index is 1.58. The Hall–Kier alpha value is -3.18. The predicted molar refractivity (Wildman–Crippen MR) is 141 cm³/mol. The predicted octanol–water partition coefficient (Wildman–Crippen LogP) is 6.01. The number of hydrogen-bond acceptors (Lipinski definition) is 4. The van der Waals surface area contributed by atoms with Crippen molar-refractivity contribution in [3.63, 3.8) is 0 Å². The highest BCUT2D eigenvalue weighted by molar-refractivity contribution is 6.09. The number of allylic oxidation sites excluding steroid dienone is 1. The number of methoxy groups -OCH3 is 1. The fourth-order valence-corrected chi connectivity index (χ4v) is 5.50. The number of carbonyl (C=O) groups is 1. The summed E-state index contributed by atoms with van der Waals surface area (Å²) in [6.07, 6.45) is 6.07. The maximum Gasteiger partial charge on any atom is 0.254 e. The summed E-state index contributed by atoms with van der Waals surface area (Å²) in [4.78, 5) is 21.1.